The average Bonchev–Trinajstić information content (AvgIpc) is 3.01. The van der Waals surface area contributed by atoms with Gasteiger partial charge in [-0.1, -0.05) is 42.5 Å². The van der Waals surface area contributed by atoms with Gasteiger partial charge in [-0.15, -0.1) is 0 Å². The number of carbonyl (C=O) groups is 1. The highest BCUT2D eigenvalue weighted by atomic mass is 16.7. The second-order valence-electron chi connectivity index (χ2n) is 5.49. The summed E-state index contributed by atoms with van der Waals surface area (Å²) in [7, 11) is 1.49. The highest BCUT2D eigenvalue weighted by molar-refractivity contribution is 5.90. The molecule has 2 aromatic carbocycles. The van der Waals surface area contributed by atoms with Crippen LogP contribution in [-0.4, -0.2) is 36.6 Å². The Morgan fingerprint density at radius 2 is 1.84 bits per heavy atom. The smallest absolute Gasteiger partial charge is 0.480 e. The van der Waals surface area contributed by atoms with E-state index in [2.05, 4.69) is 4.98 Å². The van der Waals surface area contributed by atoms with Crippen molar-refractivity contribution in [1.82, 2.24) is 4.98 Å². The normalized spacial score (nSPS) is 11.9. The van der Waals surface area contributed by atoms with Crippen LogP contribution in [0.15, 0.2) is 54.6 Å². The fourth-order valence-corrected chi connectivity index (χ4v) is 2.60. The van der Waals surface area contributed by atoms with E-state index in [4.69, 9.17) is 14.2 Å². The third-order valence-corrected chi connectivity index (χ3v) is 3.91. The number of aliphatic hydroxyl groups is 1. The van der Waals surface area contributed by atoms with Crippen molar-refractivity contribution in [1.29, 1.82) is 0 Å². The second kappa shape index (κ2) is 7.72. The zero-order valence-corrected chi connectivity index (χ0v) is 13.8. The molecule has 0 aliphatic heterocycles. The van der Waals surface area contributed by atoms with Crippen molar-refractivity contribution >= 4 is 17.1 Å². The number of para-hydroxylation sites is 1. The van der Waals surface area contributed by atoms with Crippen molar-refractivity contribution in [3.8, 4) is 11.6 Å². The van der Waals surface area contributed by atoms with Gasteiger partial charge in [0.15, 0.2) is 0 Å². The highest BCUT2D eigenvalue weighted by Gasteiger charge is 2.19. The van der Waals surface area contributed by atoms with Crippen molar-refractivity contribution in [3.63, 3.8) is 0 Å². The highest BCUT2D eigenvalue weighted by Crippen LogP contribution is 2.35. The first-order chi connectivity index (χ1) is 12.2. The Kier molecular flexibility index (Phi) is 5.20. The molecule has 130 valence electrons. The number of nitrogens with one attached hydrogen (secondary N) is 1. The van der Waals surface area contributed by atoms with E-state index >= 15 is 0 Å². The molecular weight excluding hydrogens is 322 g/mol. The topological polar surface area (TPSA) is 80.8 Å². The third kappa shape index (κ3) is 3.75. The molecule has 3 aromatic rings. The predicted molar refractivity (Wildman–Crippen MR) is 93.1 cm³/mol. The van der Waals surface area contributed by atoms with E-state index < -0.39 is 6.16 Å². The zero-order valence-electron chi connectivity index (χ0n) is 13.8. The Balaban J connectivity index is 1.69. The summed E-state index contributed by atoms with van der Waals surface area (Å²) in [6.45, 7) is -0.113. The maximum Gasteiger partial charge on any atom is 0.514 e. The summed E-state index contributed by atoms with van der Waals surface area (Å²) in [4.78, 5) is 15.1. The maximum atomic E-state index is 12.1. The molecule has 3 rings (SSSR count). The van der Waals surface area contributed by atoms with Crippen LogP contribution in [0, 0.1) is 0 Å². The number of benzene rings is 2. The lowest BCUT2D eigenvalue weighted by molar-refractivity contribution is 0.0842. The van der Waals surface area contributed by atoms with Crippen LogP contribution in [-0.2, 0) is 4.74 Å². The number of aromatic amines is 1. The fourth-order valence-electron chi connectivity index (χ4n) is 2.60. The molecule has 0 spiro atoms. The average molecular weight is 341 g/mol. The SMILES string of the molecule is COc1[nH]c2ccccc2c1OC(=O)OCC(CO)c1ccccc1. The van der Waals surface area contributed by atoms with Gasteiger partial charge in [0.1, 0.15) is 6.61 Å². The summed E-state index contributed by atoms with van der Waals surface area (Å²) in [5.41, 5.74) is 1.68. The van der Waals surface area contributed by atoms with Gasteiger partial charge >= 0.3 is 6.16 Å². The fraction of sp³-hybridized carbons (Fsp3) is 0.211. The quantitative estimate of drug-likeness (QED) is 0.671. The molecule has 0 fully saturated rings. The number of fused-ring (bicyclic) bond motifs is 1. The van der Waals surface area contributed by atoms with Gasteiger partial charge in [0.25, 0.3) is 0 Å². The molecule has 0 saturated heterocycles. The second-order valence-corrected chi connectivity index (χ2v) is 5.49. The van der Waals surface area contributed by atoms with Crippen LogP contribution in [0.5, 0.6) is 11.6 Å². The summed E-state index contributed by atoms with van der Waals surface area (Å²) in [5, 5.41) is 10.2. The Hall–Kier alpha value is -2.99. The molecule has 0 radical (unpaired) electrons. The van der Waals surface area contributed by atoms with Gasteiger partial charge in [-0.3, -0.25) is 0 Å². The molecule has 25 heavy (non-hydrogen) atoms. The minimum absolute atomic E-state index is 0.0179. The van der Waals surface area contributed by atoms with E-state index in [1.165, 1.54) is 7.11 Å². The molecule has 0 bridgehead atoms. The summed E-state index contributed by atoms with van der Waals surface area (Å²) in [6.07, 6.45) is -0.850. The molecule has 0 aliphatic rings. The number of carbonyl (C=O) groups excluding carboxylic acids is 1. The van der Waals surface area contributed by atoms with Crippen molar-refractivity contribution in [2.24, 2.45) is 0 Å². The monoisotopic (exact) mass is 341 g/mol. The lowest BCUT2D eigenvalue weighted by Gasteiger charge is -2.14. The van der Waals surface area contributed by atoms with E-state index in [0.29, 0.717) is 5.88 Å². The van der Waals surface area contributed by atoms with Crippen LogP contribution >= 0.6 is 0 Å². The Morgan fingerprint density at radius 1 is 1.12 bits per heavy atom. The molecule has 0 saturated carbocycles. The van der Waals surface area contributed by atoms with Gasteiger partial charge in [0.05, 0.1) is 19.2 Å². The van der Waals surface area contributed by atoms with Crippen LogP contribution in [0.2, 0.25) is 0 Å². The number of ether oxygens (including phenoxy) is 3. The van der Waals surface area contributed by atoms with Crippen LogP contribution in [0.25, 0.3) is 10.9 Å². The minimum atomic E-state index is -0.850. The molecule has 0 aliphatic carbocycles. The Bertz CT molecular complexity index is 843. The molecule has 1 aromatic heterocycles. The third-order valence-electron chi connectivity index (χ3n) is 3.91. The molecular formula is C19H19NO5. The first kappa shape index (κ1) is 16.9. The molecule has 6 nitrogen and oxygen atoms in total. The summed E-state index contributed by atoms with van der Waals surface area (Å²) in [6, 6.07) is 16.7. The van der Waals surface area contributed by atoms with E-state index in [1.54, 1.807) is 0 Å². The first-order valence-corrected chi connectivity index (χ1v) is 7.88. The Morgan fingerprint density at radius 3 is 2.56 bits per heavy atom. The van der Waals surface area contributed by atoms with Crippen LogP contribution in [0.1, 0.15) is 11.5 Å². The van der Waals surface area contributed by atoms with Crippen molar-refractivity contribution < 1.29 is 24.1 Å². The molecule has 1 atom stereocenters. The molecule has 2 N–H and O–H groups in total. The number of hydrogen-bond donors (Lipinski definition) is 2. The number of aromatic nitrogens is 1. The van der Waals surface area contributed by atoms with Crippen LogP contribution in [0.4, 0.5) is 4.79 Å². The van der Waals surface area contributed by atoms with E-state index in [0.717, 1.165) is 16.5 Å². The van der Waals surface area contributed by atoms with E-state index in [-0.39, 0.29) is 24.9 Å². The first-order valence-electron chi connectivity index (χ1n) is 7.88. The maximum absolute atomic E-state index is 12.1. The summed E-state index contributed by atoms with van der Waals surface area (Å²) in [5.74, 6) is 0.321. The molecule has 1 heterocycles. The zero-order chi connectivity index (χ0) is 17.6. The molecule has 0 amide bonds. The minimum Gasteiger partial charge on any atom is -0.480 e. The number of aliphatic hydroxyl groups excluding tert-OH is 1. The van der Waals surface area contributed by atoms with Gasteiger partial charge in [-0.2, -0.15) is 0 Å². The number of rotatable bonds is 6. The number of hydrogen-bond acceptors (Lipinski definition) is 5. The van der Waals surface area contributed by atoms with Crippen LogP contribution < -0.4 is 9.47 Å². The van der Waals surface area contributed by atoms with Crippen molar-refractivity contribution in [2.45, 2.75) is 5.92 Å². The number of methoxy groups -OCH3 is 1. The standard InChI is InChI=1S/C19H19NO5/c1-23-18-17(15-9-5-6-10-16(15)20-18)25-19(22)24-12-14(11-21)13-7-3-2-4-8-13/h2-10,14,20-21H,11-12H2,1H3. The van der Waals surface area contributed by atoms with Gasteiger partial charge in [-0.25, -0.2) is 4.79 Å². The lowest BCUT2D eigenvalue weighted by atomic mass is 10.0. The van der Waals surface area contributed by atoms with Crippen molar-refractivity contribution in [2.75, 3.05) is 20.3 Å². The summed E-state index contributed by atoms with van der Waals surface area (Å²) < 4.78 is 15.7. The van der Waals surface area contributed by atoms with E-state index in [9.17, 15) is 9.90 Å². The largest absolute Gasteiger partial charge is 0.514 e. The molecule has 6 heteroatoms. The van der Waals surface area contributed by atoms with Crippen LogP contribution in [0.3, 0.4) is 0 Å². The number of H-pyrrole nitrogens is 1. The van der Waals surface area contributed by atoms with Gasteiger partial charge in [0.2, 0.25) is 11.6 Å². The summed E-state index contributed by atoms with van der Waals surface area (Å²) >= 11 is 0. The molecule has 1 unspecified atom stereocenters. The van der Waals surface area contributed by atoms with Gasteiger partial charge in [0, 0.05) is 11.3 Å². The Labute approximate surface area is 145 Å². The van der Waals surface area contributed by atoms with Crippen molar-refractivity contribution in [3.05, 3.63) is 60.2 Å². The lowest BCUT2D eigenvalue weighted by Crippen LogP contribution is -2.18. The van der Waals surface area contributed by atoms with Gasteiger partial charge in [-0.05, 0) is 17.7 Å². The van der Waals surface area contributed by atoms with E-state index in [1.807, 2.05) is 54.6 Å². The van der Waals surface area contributed by atoms with Gasteiger partial charge < -0.3 is 24.3 Å². The predicted octanol–water partition coefficient (Wildman–Crippen LogP) is 3.47.